The molecule has 1 amide bonds. The highest BCUT2D eigenvalue weighted by molar-refractivity contribution is 7.09. The minimum atomic E-state index is -0.138. The Bertz CT molecular complexity index is 464. The van der Waals surface area contributed by atoms with Gasteiger partial charge < -0.3 is 11.1 Å². The quantitative estimate of drug-likeness (QED) is 0.814. The molecule has 4 heteroatoms. The molecule has 3 N–H and O–H groups in total. The summed E-state index contributed by atoms with van der Waals surface area (Å²) in [5.74, 6) is -0.138. The van der Waals surface area contributed by atoms with Gasteiger partial charge in [0.15, 0.2) is 0 Å². The van der Waals surface area contributed by atoms with Crippen molar-refractivity contribution in [2.45, 2.75) is 0 Å². The first-order valence-electron chi connectivity index (χ1n) is 4.45. The number of anilines is 2. The van der Waals surface area contributed by atoms with Crippen molar-refractivity contribution in [2.75, 3.05) is 11.1 Å². The van der Waals surface area contributed by atoms with E-state index >= 15 is 0 Å². The van der Waals surface area contributed by atoms with Crippen LogP contribution in [-0.4, -0.2) is 5.91 Å². The second-order valence-corrected chi connectivity index (χ2v) is 3.80. The highest BCUT2D eigenvalue weighted by atomic mass is 32.1. The lowest BCUT2D eigenvalue weighted by atomic mass is 10.2. The average molecular weight is 218 g/mol. The summed E-state index contributed by atoms with van der Waals surface area (Å²) < 4.78 is 0. The lowest BCUT2D eigenvalue weighted by Gasteiger charge is -2.03. The molecule has 0 spiro atoms. The van der Waals surface area contributed by atoms with Gasteiger partial charge in [0.1, 0.15) is 0 Å². The Hall–Kier alpha value is -1.81. The summed E-state index contributed by atoms with van der Waals surface area (Å²) in [5, 5.41) is 6.36. The fourth-order valence-electron chi connectivity index (χ4n) is 1.19. The van der Waals surface area contributed by atoms with E-state index in [4.69, 9.17) is 5.73 Å². The molecule has 0 aliphatic carbocycles. The third-order valence-electron chi connectivity index (χ3n) is 1.98. The second kappa shape index (κ2) is 4.14. The van der Waals surface area contributed by atoms with Crippen molar-refractivity contribution in [1.29, 1.82) is 0 Å². The molecule has 1 aromatic heterocycles. The van der Waals surface area contributed by atoms with Crippen LogP contribution in [0.4, 0.5) is 11.4 Å². The van der Waals surface area contributed by atoms with Crippen LogP contribution in [0.5, 0.6) is 0 Å². The molecule has 2 rings (SSSR count). The smallest absolute Gasteiger partial charge is 0.255 e. The largest absolute Gasteiger partial charge is 0.396 e. The fourth-order valence-corrected chi connectivity index (χ4v) is 1.87. The number of rotatable bonds is 2. The number of nitrogens with two attached hydrogens (primary N) is 1. The Balaban J connectivity index is 2.15. The molecule has 0 saturated carbocycles. The normalized spacial score (nSPS) is 9.87. The molecule has 1 heterocycles. The van der Waals surface area contributed by atoms with Crippen LogP contribution in [0, 0.1) is 0 Å². The van der Waals surface area contributed by atoms with Gasteiger partial charge in [-0.2, -0.15) is 0 Å². The summed E-state index contributed by atoms with van der Waals surface area (Å²) in [6.07, 6.45) is 0. The van der Waals surface area contributed by atoms with Gasteiger partial charge in [0.2, 0.25) is 0 Å². The predicted octanol–water partition coefficient (Wildman–Crippen LogP) is 2.58. The Morgan fingerprint density at radius 3 is 2.53 bits per heavy atom. The van der Waals surface area contributed by atoms with Gasteiger partial charge in [-0.1, -0.05) is 18.2 Å². The maximum atomic E-state index is 11.7. The minimum Gasteiger partial charge on any atom is -0.396 e. The number of nitrogens with one attached hydrogen (secondary N) is 1. The van der Waals surface area contributed by atoms with Gasteiger partial charge in [-0.15, -0.1) is 11.3 Å². The minimum absolute atomic E-state index is 0.138. The number of hydrogen-bond acceptors (Lipinski definition) is 3. The summed E-state index contributed by atoms with van der Waals surface area (Å²) >= 11 is 1.46. The molecule has 15 heavy (non-hydrogen) atoms. The molecule has 0 aliphatic heterocycles. The molecular weight excluding hydrogens is 208 g/mol. The zero-order valence-electron chi connectivity index (χ0n) is 7.94. The van der Waals surface area contributed by atoms with E-state index in [9.17, 15) is 4.79 Å². The highest BCUT2D eigenvalue weighted by Crippen LogP contribution is 2.23. The summed E-state index contributed by atoms with van der Waals surface area (Å²) in [4.78, 5) is 11.7. The van der Waals surface area contributed by atoms with Crippen LogP contribution in [0.25, 0.3) is 0 Å². The zero-order chi connectivity index (χ0) is 10.7. The predicted molar refractivity (Wildman–Crippen MR) is 63.1 cm³/mol. The number of amides is 1. The average Bonchev–Trinajstić information content (AvgIpc) is 2.66. The Labute approximate surface area is 91.5 Å². The number of benzene rings is 1. The maximum Gasteiger partial charge on any atom is 0.255 e. The van der Waals surface area contributed by atoms with Crippen molar-refractivity contribution >= 4 is 28.6 Å². The van der Waals surface area contributed by atoms with E-state index in [1.807, 2.05) is 23.6 Å². The van der Waals surface area contributed by atoms with Crippen molar-refractivity contribution in [3.63, 3.8) is 0 Å². The summed E-state index contributed by atoms with van der Waals surface area (Å²) in [6.45, 7) is 0. The second-order valence-electron chi connectivity index (χ2n) is 3.06. The van der Waals surface area contributed by atoms with Crippen molar-refractivity contribution in [1.82, 2.24) is 0 Å². The van der Waals surface area contributed by atoms with Crippen LogP contribution >= 0.6 is 11.3 Å². The van der Waals surface area contributed by atoms with Gasteiger partial charge in [-0.25, -0.2) is 0 Å². The Morgan fingerprint density at radius 1 is 1.20 bits per heavy atom. The summed E-state index contributed by atoms with van der Waals surface area (Å²) in [5.41, 5.74) is 7.57. The van der Waals surface area contributed by atoms with E-state index in [1.165, 1.54) is 11.3 Å². The highest BCUT2D eigenvalue weighted by Gasteiger charge is 2.07. The van der Waals surface area contributed by atoms with Gasteiger partial charge in [0.05, 0.1) is 11.4 Å². The van der Waals surface area contributed by atoms with Gasteiger partial charge in [-0.3, -0.25) is 4.79 Å². The maximum absolute atomic E-state index is 11.7. The van der Waals surface area contributed by atoms with Crippen molar-refractivity contribution in [3.05, 3.63) is 46.7 Å². The topological polar surface area (TPSA) is 55.1 Å². The molecule has 0 saturated heterocycles. The molecule has 2 aromatic rings. The standard InChI is InChI=1S/C11H10N2OS/c12-9-6-15-7-10(9)13-11(14)8-4-2-1-3-5-8/h1-7H,12H2,(H,13,14). The van der Waals surface area contributed by atoms with Crippen LogP contribution in [0.15, 0.2) is 41.1 Å². The van der Waals surface area contributed by atoms with Crippen molar-refractivity contribution < 1.29 is 4.79 Å². The summed E-state index contributed by atoms with van der Waals surface area (Å²) in [7, 11) is 0. The molecule has 76 valence electrons. The van der Waals surface area contributed by atoms with Crippen LogP contribution < -0.4 is 11.1 Å². The molecule has 1 aromatic carbocycles. The van der Waals surface area contributed by atoms with E-state index in [0.29, 0.717) is 16.9 Å². The van der Waals surface area contributed by atoms with Crippen LogP contribution in [0.1, 0.15) is 10.4 Å². The molecule has 0 unspecified atom stereocenters. The summed E-state index contributed by atoms with van der Waals surface area (Å²) in [6, 6.07) is 9.04. The van der Waals surface area contributed by atoms with E-state index in [2.05, 4.69) is 5.32 Å². The monoisotopic (exact) mass is 218 g/mol. The first-order valence-corrected chi connectivity index (χ1v) is 5.40. The molecule has 0 atom stereocenters. The third-order valence-corrected chi connectivity index (χ3v) is 2.74. The van der Waals surface area contributed by atoms with E-state index in [-0.39, 0.29) is 5.91 Å². The molecule has 0 fully saturated rings. The lowest BCUT2D eigenvalue weighted by molar-refractivity contribution is 0.102. The Kier molecular flexibility index (Phi) is 2.69. The zero-order valence-corrected chi connectivity index (χ0v) is 8.75. The van der Waals surface area contributed by atoms with E-state index < -0.39 is 0 Å². The van der Waals surface area contributed by atoms with E-state index in [1.54, 1.807) is 17.5 Å². The van der Waals surface area contributed by atoms with Gasteiger partial charge in [0, 0.05) is 16.3 Å². The van der Waals surface area contributed by atoms with Gasteiger partial charge in [-0.05, 0) is 12.1 Å². The van der Waals surface area contributed by atoms with Crippen LogP contribution in [-0.2, 0) is 0 Å². The lowest BCUT2D eigenvalue weighted by Crippen LogP contribution is -2.11. The Morgan fingerprint density at radius 2 is 1.93 bits per heavy atom. The number of carbonyl (C=O) groups is 1. The molecule has 0 aliphatic rings. The van der Waals surface area contributed by atoms with E-state index in [0.717, 1.165) is 0 Å². The van der Waals surface area contributed by atoms with Gasteiger partial charge in [0.25, 0.3) is 5.91 Å². The van der Waals surface area contributed by atoms with Gasteiger partial charge >= 0.3 is 0 Å². The molecular formula is C11H10N2OS. The first kappa shape index (κ1) is 9.73. The number of carbonyl (C=O) groups excluding carboxylic acids is 1. The van der Waals surface area contributed by atoms with Crippen molar-refractivity contribution in [2.24, 2.45) is 0 Å². The fraction of sp³-hybridized carbons (Fsp3) is 0. The van der Waals surface area contributed by atoms with Crippen molar-refractivity contribution in [3.8, 4) is 0 Å². The number of hydrogen-bond donors (Lipinski definition) is 2. The van der Waals surface area contributed by atoms with Crippen LogP contribution in [0.2, 0.25) is 0 Å². The third kappa shape index (κ3) is 2.16. The molecule has 0 radical (unpaired) electrons. The number of nitrogen functional groups attached to an aromatic ring is 1. The number of thiophene rings is 1. The SMILES string of the molecule is Nc1cscc1NC(=O)c1ccccc1. The molecule has 3 nitrogen and oxygen atoms in total. The molecule has 0 bridgehead atoms. The van der Waals surface area contributed by atoms with Crippen LogP contribution in [0.3, 0.4) is 0 Å². The first-order chi connectivity index (χ1) is 7.27.